The Labute approximate surface area is 158 Å². The first-order chi connectivity index (χ1) is 13.1. The SMILES string of the molecule is Cn1ncc2cc(CN3CCC4(CC3)OCCc3cnc(N)nc34)ccc21. The Bertz CT molecular complexity index is 989. The quantitative estimate of drug-likeness (QED) is 0.749. The second kappa shape index (κ2) is 6.28. The summed E-state index contributed by atoms with van der Waals surface area (Å²) in [5.74, 6) is 0.339. The number of aryl methyl sites for hydroxylation is 1. The summed E-state index contributed by atoms with van der Waals surface area (Å²) in [7, 11) is 1.98. The topological polar surface area (TPSA) is 82.1 Å². The smallest absolute Gasteiger partial charge is 0.220 e. The number of nitrogen functional groups attached to an aromatic ring is 1. The van der Waals surface area contributed by atoms with Gasteiger partial charge in [-0.15, -0.1) is 0 Å². The number of aromatic nitrogens is 4. The summed E-state index contributed by atoms with van der Waals surface area (Å²) in [6.45, 7) is 3.64. The van der Waals surface area contributed by atoms with Gasteiger partial charge in [-0.1, -0.05) is 6.07 Å². The Kier molecular flexibility index (Phi) is 3.87. The molecule has 2 aliphatic heterocycles. The third-order valence-electron chi connectivity index (χ3n) is 5.95. The first-order valence-corrected chi connectivity index (χ1v) is 9.52. The van der Waals surface area contributed by atoms with E-state index in [0.717, 1.165) is 51.2 Å². The minimum absolute atomic E-state index is 0.297. The molecule has 0 aliphatic carbocycles. The normalized spacial score (nSPS) is 19.4. The van der Waals surface area contributed by atoms with Crippen LogP contribution >= 0.6 is 0 Å². The Morgan fingerprint density at radius 1 is 1.22 bits per heavy atom. The molecule has 0 amide bonds. The number of nitrogens with zero attached hydrogens (tertiary/aromatic N) is 5. The summed E-state index contributed by atoms with van der Waals surface area (Å²) in [5, 5.41) is 5.53. The van der Waals surface area contributed by atoms with Gasteiger partial charge in [0.2, 0.25) is 5.95 Å². The molecule has 1 fully saturated rings. The van der Waals surface area contributed by atoms with Crippen LogP contribution in [0.25, 0.3) is 10.9 Å². The summed E-state index contributed by atoms with van der Waals surface area (Å²) in [5.41, 5.74) is 10.2. The lowest BCUT2D eigenvalue weighted by atomic mass is 9.83. The second-order valence-corrected chi connectivity index (χ2v) is 7.63. The first-order valence-electron chi connectivity index (χ1n) is 9.52. The predicted molar refractivity (Wildman–Crippen MR) is 103 cm³/mol. The molecule has 0 radical (unpaired) electrons. The summed E-state index contributed by atoms with van der Waals surface area (Å²) in [4.78, 5) is 11.2. The zero-order chi connectivity index (χ0) is 18.4. The van der Waals surface area contributed by atoms with E-state index in [4.69, 9.17) is 10.5 Å². The summed E-state index contributed by atoms with van der Waals surface area (Å²) < 4.78 is 8.18. The van der Waals surface area contributed by atoms with Crippen LogP contribution in [-0.2, 0) is 30.4 Å². The van der Waals surface area contributed by atoms with E-state index in [1.165, 1.54) is 22.0 Å². The average molecular weight is 364 g/mol. The van der Waals surface area contributed by atoms with E-state index in [1.54, 1.807) is 0 Å². The molecular weight excluding hydrogens is 340 g/mol. The van der Waals surface area contributed by atoms with Crippen LogP contribution in [0.5, 0.6) is 0 Å². The molecule has 7 nitrogen and oxygen atoms in total. The number of rotatable bonds is 2. The number of hydrogen-bond acceptors (Lipinski definition) is 6. The van der Waals surface area contributed by atoms with Gasteiger partial charge in [0, 0.05) is 38.3 Å². The molecule has 2 aliphatic rings. The summed E-state index contributed by atoms with van der Waals surface area (Å²) in [6, 6.07) is 6.60. The maximum absolute atomic E-state index is 6.26. The van der Waals surface area contributed by atoms with Gasteiger partial charge in [0.15, 0.2) is 0 Å². The number of anilines is 1. The number of nitrogens with two attached hydrogens (primary N) is 1. The zero-order valence-electron chi connectivity index (χ0n) is 15.6. The molecule has 1 spiro atoms. The van der Waals surface area contributed by atoms with Crippen molar-refractivity contribution >= 4 is 16.9 Å². The lowest BCUT2D eigenvalue weighted by Gasteiger charge is -2.44. The van der Waals surface area contributed by atoms with Crippen LogP contribution in [0, 0.1) is 0 Å². The van der Waals surface area contributed by atoms with Crippen LogP contribution < -0.4 is 5.73 Å². The maximum Gasteiger partial charge on any atom is 0.220 e. The van der Waals surface area contributed by atoms with E-state index < -0.39 is 0 Å². The summed E-state index contributed by atoms with van der Waals surface area (Å²) in [6.07, 6.45) is 6.54. The van der Waals surface area contributed by atoms with Gasteiger partial charge < -0.3 is 10.5 Å². The third-order valence-corrected chi connectivity index (χ3v) is 5.95. The van der Waals surface area contributed by atoms with E-state index in [1.807, 2.05) is 24.1 Å². The number of fused-ring (bicyclic) bond motifs is 3. The predicted octanol–water partition coefficient (Wildman–Crippen LogP) is 2.01. The summed E-state index contributed by atoms with van der Waals surface area (Å²) >= 11 is 0. The Morgan fingerprint density at radius 3 is 2.93 bits per heavy atom. The standard InChI is InChI=1S/C20H24N6O/c1-25-17-3-2-14(10-16(17)12-23-25)13-26-7-5-20(6-8-26)18-15(4-9-27-20)11-22-19(21)24-18/h2-3,10-12H,4-9,13H2,1H3,(H2,21,22,24). The van der Waals surface area contributed by atoms with E-state index in [-0.39, 0.29) is 5.60 Å². The van der Waals surface area contributed by atoms with Crippen LogP contribution in [0.3, 0.4) is 0 Å². The van der Waals surface area contributed by atoms with E-state index in [0.29, 0.717) is 5.95 Å². The lowest BCUT2D eigenvalue weighted by Crippen LogP contribution is -2.47. The highest BCUT2D eigenvalue weighted by molar-refractivity contribution is 5.79. The molecule has 0 saturated carbocycles. The molecule has 3 aromatic rings. The van der Waals surface area contributed by atoms with Gasteiger partial charge in [-0.05, 0) is 42.5 Å². The Hall–Kier alpha value is -2.51. The maximum atomic E-state index is 6.26. The van der Waals surface area contributed by atoms with Crippen molar-refractivity contribution in [2.24, 2.45) is 7.05 Å². The van der Waals surface area contributed by atoms with Crippen molar-refractivity contribution in [1.82, 2.24) is 24.6 Å². The molecule has 0 atom stereocenters. The molecule has 5 rings (SSSR count). The van der Waals surface area contributed by atoms with Crippen molar-refractivity contribution in [1.29, 1.82) is 0 Å². The molecule has 7 heteroatoms. The van der Waals surface area contributed by atoms with Gasteiger partial charge >= 0.3 is 0 Å². The van der Waals surface area contributed by atoms with Crippen molar-refractivity contribution in [2.75, 3.05) is 25.4 Å². The average Bonchev–Trinajstić information content (AvgIpc) is 3.05. The Morgan fingerprint density at radius 2 is 2.07 bits per heavy atom. The van der Waals surface area contributed by atoms with E-state index in [2.05, 4.69) is 38.2 Å². The van der Waals surface area contributed by atoms with Crippen molar-refractivity contribution in [3.8, 4) is 0 Å². The lowest BCUT2D eigenvalue weighted by molar-refractivity contribution is -0.102. The van der Waals surface area contributed by atoms with Crippen LogP contribution in [0.15, 0.2) is 30.6 Å². The molecule has 4 heterocycles. The molecule has 140 valence electrons. The fourth-order valence-corrected chi connectivity index (χ4v) is 4.45. The largest absolute Gasteiger partial charge is 0.368 e. The van der Waals surface area contributed by atoms with Crippen LogP contribution in [-0.4, -0.2) is 44.3 Å². The highest BCUT2D eigenvalue weighted by Gasteiger charge is 2.42. The molecule has 27 heavy (non-hydrogen) atoms. The second-order valence-electron chi connectivity index (χ2n) is 7.63. The van der Waals surface area contributed by atoms with Crippen molar-refractivity contribution in [3.05, 3.63) is 47.4 Å². The minimum Gasteiger partial charge on any atom is -0.368 e. The van der Waals surface area contributed by atoms with E-state index >= 15 is 0 Å². The Balaban J connectivity index is 1.32. The highest BCUT2D eigenvalue weighted by Crippen LogP contribution is 2.40. The van der Waals surface area contributed by atoms with Gasteiger partial charge in [0.05, 0.1) is 24.0 Å². The molecular formula is C20H24N6O. The van der Waals surface area contributed by atoms with Gasteiger partial charge in [-0.2, -0.15) is 5.10 Å². The van der Waals surface area contributed by atoms with Crippen LogP contribution in [0.4, 0.5) is 5.95 Å². The number of benzene rings is 1. The molecule has 0 unspecified atom stereocenters. The molecule has 1 saturated heterocycles. The number of likely N-dealkylation sites (tertiary alicyclic amines) is 1. The van der Waals surface area contributed by atoms with E-state index in [9.17, 15) is 0 Å². The van der Waals surface area contributed by atoms with Gasteiger partial charge in [0.25, 0.3) is 0 Å². The van der Waals surface area contributed by atoms with Crippen molar-refractivity contribution in [3.63, 3.8) is 0 Å². The third kappa shape index (κ3) is 2.87. The first kappa shape index (κ1) is 16.6. The van der Waals surface area contributed by atoms with Crippen molar-refractivity contribution in [2.45, 2.75) is 31.4 Å². The molecule has 0 bridgehead atoms. The number of ether oxygens (including phenoxy) is 1. The monoisotopic (exact) mass is 364 g/mol. The number of hydrogen-bond donors (Lipinski definition) is 1. The molecule has 1 aromatic carbocycles. The molecule has 2 aromatic heterocycles. The van der Waals surface area contributed by atoms with Gasteiger partial charge in [0.1, 0.15) is 5.60 Å². The van der Waals surface area contributed by atoms with Crippen molar-refractivity contribution < 1.29 is 4.74 Å². The van der Waals surface area contributed by atoms with Gasteiger partial charge in [-0.3, -0.25) is 9.58 Å². The zero-order valence-corrected chi connectivity index (χ0v) is 15.6. The fourth-order valence-electron chi connectivity index (χ4n) is 4.45. The highest BCUT2D eigenvalue weighted by atomic mass is 16.5. The van der Waals surface area contributed by atoms with Gasteiger partial charge in [-0.25, -0.2) is 9.97 Å². The number of piperidine rings is 1. The van der Waals surface area contributed by atoms with Crippen LogP contribution in [0.1, 0.15) is 29.7 Å². The minimum atomic E-state index is -0.297. The fraction of sp³-hybridized carbons (Fsp3) is 0.450. The molecule has 2 N–H and O–H groups in total. The van der Waals surface area contributed by atoms with Crippen LogP contribution in [0.2, 0.25) is 0 Å².